The number of halogens is 1. The van der Waals surface area contributed by atoms with Crippen LogP contribution in [0.5, 0.6) is 0 Å². The van der Waals surface area contributed by atoms with Crippen LogP contribution in [0.25, 0.3) is 10.9 Å². The van der Waals surface area contributed by atoms with Crippen molar-refractivity contribution in [3.05, 3.63) is 41.0 Å². The lowest BCUT2D eigenvalue weighted by Crippen LogP contribution is -2.35. The molecular weight excluding hydrogens is 272 g/mol. The van der Waals surface area contributed by atoms with Crippen LogP contribution in [0.3, 0.4) is 0 Å². The molecule has 2 aromatic rings. The molecule has 1 heterocycles. The molecule has 0 bridgehead atoms. The molecule has 3 nitrogen and oxygen atoms in total. The van der Waals surface area contributed by atoms with E-state index in [4.69, 9.17) is 11.6 Å². The fourth-order valence-corrected chi connectivity index (χ4v) is 2.50. The van der Waals surface area contributed by atoms with Gasteiger partial charge in [-0.2, -0.15) is 0 Å². The number of aromatic nitrogens is 1. The van der Waals surface area contributed by atoms with E-state index in [9.17, 15) is 4.79 Å². The number of amides is 1. The summed E-state index contributed by atoms with van der Waals surface area (Å²) in [5, 5.41) is 1.44. The number of carbonyl (C=O) groups is 1. The fourth-order valence-electron chi connectivity index (χ4n) is 2.23. The number of pyridine rings is 1. The summed E-state index contributed by atoms with van der Waals surface area (Å²) >= 11 is 6.24. The Labute approximate surface area is 124 Å². The van der Waals surface area contributed by atoms with Crippen LogP contribution in [-0.4, -0.2) is 28.9 Å². The Morgan fingerprint density at radius 2 is 2.10 bits per heavy atom. The molecular formula is C16H19ClN2O. The molecule has 0 saturated carbocycles. The van der Waals surface area contributed by atoms with Gasteiger partial charge in [-0.1, -0.05) is 43.1 Å². The van der Waals surface area contributed by atoms with Crippen molar-refractivity contribution < 1.29 is 4.79 Å². The number of hydrogen-bond acceptors (Lipinski definition) is 2. The maximum atomic E-state index is 12.5. The number of para-hydroxylation sites is 1. The monoisotopic (exact) mass is 290 g/mol. The predicted octanol–water partition coefficient (Wildman–Crippen LogP) is 4.15. The summed E-state index contributed by atoms with van der Waals surface area (Å²) in [5.41, 5.74) is 1.15. The van der Waals surface area contributed by atoms with Crippen LogP contribution in [0.1, 0.15) is 37.2 Å². The predicted molar refractivity (Wildman–Crippen MR) is 83.2 cm³/mol. The summed E-state index contributed by atoms with van der Waals surface area (Å²) in [6.07, 6.45) is 2.02. The van der Waals surface area contributed by atoms with E-state index in [0.717, 1.165) is 23.7 Å². The van der Waals surface area contributed by atoms with Gasteiger partial charge < -0.3 is 4.90 Å². The van der Waals surface area contributed by atoms with Crippen molar-refractivity contribution in [1.29, 1.82) is 0 Å². The van der Waals surface area contributed by atoms with Crippen LogP contribution in [-0.2, 0) is 0 Å². The maximum Gasteiger partial charge on any atom is 0.272 e. The Morgan fingerprint density at radius 3 is 2.80 bits per heavy atom. The van der Waals surface area contributed by atoms with Crippen LogP contribution in [0, 0.1) is 0 Å². The van der Waals surface area contributed by atoms with Gasteiger partial charge in [0.05, 0.1) is 10.5 Å². The third-order valence-electron chi connectivity index (χ3n) is 3.57. The molecule has 1 amide bonds. The standard InChI is InChI=1S/C16H19ClN2O/c1-4-7-11(2)19(3)16(20)15-10-13(17)12-8-5-6-9-14(12)18-15/h5-6,8-11H,4,7H2,1-3H3. The maximum absolute atomic E-state index is 12.5. The van der Waals surface area contributed by atoms with E-state index in [-0.39, 0.29) is 11.9 Å². The molecule has 2 rings (SSSR count). The van der Waals surface area contributed by atoms with Crippen molar-refractivity contribution >= 4 is 28.4 Å². The molecule has 1 unspecified atom stereocenters. The Hall–Kier alpha value is -1.61. The highest BCUT2D eigenvalue weighted by Crippen LogP contribution is 2.23. The second kappa shape index (κ2) is 6.23. The Balaban J connectivity index is 2.35. The second-order valence-electron chi connectivity index (χ2n) is 5.06. The van der Waals surface area contributed by atoms with Crippen molar-refractivity contribution in [3.63, 3.8) is 0 Å². The van der Waals surface area contributed by atoms with Crippen molar-refractivity contribution in [2.24, 2.45) is 0 Å². The van der Waals surface area contributed by atoms with E-state index in [0.29, 0.717) is 10.7 Å². The van der Waals surface area contributed by atoms with Gasteiger partial charge >= 0.3 is 0 Å². The van der Waals surface area contributed by atoms with Gasteiger partial charge in [0, 0.05) is 18.5 Å². The van der Waals surface area contributed by atoms with Gasteiger partial charge in [0.2, 0.25) is 0 Å². The molecule has 20 heavy (non-hydrogen) atoms. The normalized spacial score (nSPS) is 12.4. The average molecular weight is 291 g/mol. The van der Waals surface area contributed by atoms with Crippen molar-refractivity contribution in [1.82, 2.24) is 9.88 Å². The molecule has 1 atom stereocenters. The molecule has 106 valence electrons. The van der Waals surface area contributed by atoms with E-state index in [1.807, 2.05) is 38.2 Å². The number of hydrogen-bond donors (Lipinski definition) is 0. The van der Waals surface area contributed by atoms with Gasteiger partial charge in [0.25, 0.3) is 5.91 Å². The molecule has 0 saturated heterocycles. The van der Waals surface area contributed by atoms with Gasteiger partial charge in [0.15, 0.2) is 0 Å². The van der Waals surface area contributed by atoms with Crippen molar-refractivity contribution in [3.8, 4) is 0 Å². The van der Waals surface area contributed by atoms with Crippen molar-refractivity contribution in [2.45, 2.75) is 32.7 Å². The molecule has 0 radical (unpaired) electrons. The molecule has 4 heteroatoms. The minimum absolute atomic E-state index is 0.0846. The van der Waals surface area contributed by atoms with E-state index in [1.54, 1.807) is 11.0 Å². The van der Waals surface area contributed by atoms with Gasteiger partial charge in [-0.15, -0.1) is 0 Å². The van der Waals surface area contributed by atoms with Gasteiger partial charge in [0.1, 0.15) is 5.69 Å². The minimum Gasteiger partial charge on any atom is -0.338 e. The summed E-state index contributed by atoms with van der Waals surface area (Å²) in [7, 11) is 1.81. The van der Waals surface area contributed by atoms with Crippen LogP contribution < -0.4 is 0 Å². The molecule has 0 fully saturated rings. The molecule has 1 aromatic carbocycles. The second-order valence-corrected chi connectivity index (χ2v) is 5.47. The minimum atomic E-state index is -0.0846. The molecule has 0 spiro atoms. The molecule has 1 aromatic heterocycles. The lowest BCUT2D eigenvalue weighted by molar-refractivity contribution is 0.0731. The number of nitrogens with zero attached hydrogens (tertiary/aromatic N) is 2. The Morgan fingerprint density at radius 1 is 1.40 bits per heavy atom. The fraction of sp³-hybridized carbons (Fsp3) is 0.375. The van der Waals surface area contributed by atoms with Crippen LogP contribution in [0.2, 0.25) is 5.02 Å². The smallest absolute Gasteiger partial charge is 0.272 e. The lowest BCUT2D eigenvalue weighted by Gasteiger charge is -2.24. The van der Waals surface area contributed by atoms with Crippen LogP contribution >= 0.6 is 11.6 Å². The first-order valence-corrected chi connectivity index (χ1v) is 7.24. The zero-order valence-electron chi connectivity index (χ0n) is 12.1. The molecule has 0 N–H and O–H groups in total. The Kier molecular flexibility index (Phi) is 4.61. The average Bonchev–Trinajstić information content (AvgIpc) is 2.46. The summed E-state index contributed by atoms with van der Waals surface area (Å²) in [4.78, 5) is 18.6. The summed E-state index contributed by atoms with van der Waals surface area (Å²) < 4.78 is 0. The van der Waals surface area contributed by atoms with Gasteiger partial charge in [-0.05, 0) is 25.5 Å². The zero-order valence-corrected chi connectivity index (χ0v) is 12.8. The highest BCUT2D eigenvalue weighted by atomic mass is 35.5. The van der Waals surface area contributed by atoms with E-state index >= 15 is 0 Å². The first-order valence-electron chi connectivity index (χ1n) is 6.87. The van der Waals surface area contributed by atoms with E-state index in [2.05, 4.69) is 11.9 Å². The van der Waals surface area contributed by atoms with Gasteiger partial charge in [-0.25, -0.2) is 4.98 Å². The SMILES string of the molecule is CCCC(C)N(C)C(=O)c1cc(Cl)c2ccccc2n1. The van der Waals surface area contributed by atoms with Crippen LogP contribution in [0.15, 0.2) is 30.3 Å². The number of carbonyl (C=O) groups excluding carboxylic acids is 1. The number of benzene rings is 1. The largest absolute Gasteiger partial charge is 0.338 e. The molecule has 0 aliphatic carbocycles. The molecule has 0 aliphatic heterocycles. The Bertz CT molecular complexity index is 627. The topological polar surface area (TPSA) is 33.2 Å². The van der Waals surface area contributed by atoms with Crippen LogP contribution in [0.4, 0.5) is 0 Å². The summed E-state index contributed by atoms with van der Waals surface area (Å²) in [6, 6.07) is 9.42. The van der Waals surface area contributed by atoms with Crippen molar-refractivity contribution in [2.75, 3.05) is 7.05 Å². The van der Waals surface area contributed by atoms with Gasteiger partial charge in [-0.3, -0.25) is 4.79 Å². The highest BCUT2D eigenvalue weighted by molar-refractivity contribution is 6.35. The quantitative estimate of drug-likeness (QED) is 0.847. The lowest BCUT2D eigenvalue weighted by atomic mass is 10.1. The third-order valence-corrected chi connectivity index (χ3v) is 3.89. The first-order chi connectivity index (χ1) is 9.54. The zero-order chi connectivity index (χ0) is 14.7. The third kappa shape index (κ3) is 2.93. The highest BCUT2D eigenvalue weighted by Gasteiger charge is 2.19. The summed E-state index contributed by atoms with van der Waals surface area (Å²) in [5.74, 6) is -0.0846. The summed E-state index contributed by atoms with van der Waals surface area (Å²) in [6.45, 7) is 4.16. The molecule has 0 aliphatic rings. The number of fused-ring (bicyclic) bond motifs is 1. The van der Waals surface area contributed by atoms with E-state index < -0.39 is 0 Å². The number of rotatable bonds is 4. The first kappa shape index (κ1) is 14.8. The van der Waals surface area contributed by atoms with E-state index in [1.165, 1.54) is 0 Å².